The van der Waals surface area contributed by atoms with Gasteiger partial charge in [-0.1, -0.05) is 0 Å². The van der Waals surface area contributed by atoms with Crippen LogP contribution in [0.4, 0.5) is 18.9 Å². The van der Waals surface area contributed by atoms with Gasteiger partial charge in [0.15, 0.2) is 5.75 Å². The topological polar surface area (TPSA) is 64.1 Å². The molecule has 0 bridgehead atoms. The van der Waals surface area contributed by atoms with Crippen molar-refractivity contribution in [1.29, 1.82) is 0 Å². The smallest absolute Gasteiger partial charge is 0.228 e. The van der Waals surface area contributed by atoms with Crippen LogP contribution >= 0.6 is 0 Å². The van der Waals surface area contributed by atoms with Gasteiger partial charge in [0.25, 0.3) is 0 Å². The molecule has 1 aromatic heterocycles. The van der Waals surface area contributed by atoms with E-state index < -0.39 is 34.7 Å². The Kier molecular flexibility index (Phi) is 5.56. The molecule has 5 nitrogen and oxygen atoms in total. The zero-order valence-corrected chi connectivity index (χ0v) is 17.2. The van der Waals surface area contributed by atoms with Gasteiger partial charge >= 0.3 is 0 Å². The summed E-state index contributed by atoms with van der Waals surface area (Å²) < 4.78 is 47.1. The average molecular weight is 429 g/mol. The highest BCUT2D eigenvalue weighted by Crippen LogP contribution is 2.61. The van der Waals surface area contributed by atoms with E-state index in [2.05, 4.69) is 15.3 Å². The Morgan fingerprint density at radius 3 is 2.65 bits per heavy atom. The van der Waals surface area contributed by atoms with E-state index in [1.165, 1.54) is 30.3 Å². The van der Waals surface area contributed by atoms with Gasteiger partial charge in [-0.05, 0) is 56.5 Å². The lowest BCUT2D eigenvalue weighted by Gasteiger charge is -2.27. The summed E-state index contributed by atoms with van der Waals surface area (Å²) in [6.07, 6.45) is 4.18. The molecule has 1 aromatic carbocycles. The zero-order valence-electron chi connectivity index (χ0n) is 17.2. The summed E-state index contributed by atoms with van der Waals surface area (Å²) >= 11 is 0. The number of carbonyl (C=O) groups is 1. The van der Waals surface area contributed by atoms with E-state index >= 15 is 0 Å². The van der Waals surface area contributed by atoms with Gasteiger partial charge in [-0.3, -0.25) is 4.79 Å². The van der Waals surface area contributed by atoms with Crippen molar-refractivity contribution in [1.82, 2.24) is 9.97 Å². The fraction of sp³-hybridized carbons (Fsp3) is 0.348. The maximum absolute atomic E-state index is 14.0. The normalized spacial score (nSPS) is 24.8. The Balaban J connectivity index is 1.55. The fourth-order valence-corrected chi connectivity index (χ4v) is 4.13. The number of aromatic nitrogens is 2. The molecule has 1 N–H and O–H groups in total. The summed E-state index contributed by atoms with van der Waals surface area (Å²) in [5, 5.41) is 2.76. The number of halogens is 3. The molecule has 162 valence electrons. The van der Waals surface area contributed by atoms with Crippen molar-refractivity contribution in [3.8, 4) is 5.75 Å². The minimum atomic E-state index is -0.773. The first-order chi connectivity index (χ1) is 14.8. The number of hydrogen-bond acceptors (Lipinski definition) is 4. The molecule has 0 spiro atoms. The molecule has 4 rings (SSSR count). The SMILES string of the molecule is Cc1ncc(OC[C@@]2(C3C=C(F)C=C(F)C3)C[C@H]2C(=O)Nc2ccc(F)cc2)c(C)n1. The number of ether oxygens (including phenoxy) is 1. The van der Waals surface area contributed by atoms with Gasteiger partial charge in [-0.25, -0.2) is 23.1 Å². The number of aryl methyl sites for hydroxylation is 2. The summed E-state index contributed by atoms with van der Waals surface area (Å²) in [7, 11) is 0. The van der Waals surface area contributed by atoms with Gasteiger partial charge in [0.1, 0.15) is 23.3 Å². The molecule has 0 radical (unpaired) electrons. The number of amides is 1. The fourth-order valence-electron chi connectivity index (χ4n) is 4.13. The summed E-state index contributed by atoms with van der Waals surface area (Å²) in [6, 6.07) is 5.42. The lowest BCUT2D eigenvalue weighted by molar-refractivity contribution is -0.118. The first-order valence-electron chi connectivity index (χ1n) is 10.00. The quantitative estimate of drug-likeness (QED) is 0.703. The summed E-state index contributed by atoms with van der Waals surface area (Å²) in [5.74, 6) is -1.91. The Hall–Kier alpha value is -3.16. The molecule has 1 amide bonds. The number of rotatable bonds is 6. The third kappa shape index (κ3) is 4.47. The van der Waals surface area contributed by atoms with Crippen molar-refractivity contribution in [2.45, 2.75) is 26.7 Å². The molecule has 1 unspecified atom stereocenters. The van der Waals surface area contributed by atoms with Gasteiger partial charge in [0, 0.05) is 29.5 Å². The van der Waals surface area contributed by atoms with E-state index in [0.717, 1.165) is 6.08 Å². The van der Waals surface area contributed by atoms with E-state index in [4.69, 9.17) is 4.74 Å². The van der Waals surface area contributed by atoms with Crippen molar-refractivity contribution in [2.75, 3.05) is 11.9 Å². The zero-order chi connectivity index (χ0) is 22.2. The third-order valence-corrected chi connectivity index (χ3v) is 5.91. The highest BCUT2D eigenvalue weighted by molar-refractivity contribution is 5.95. The minimum Gasteiger partial charge on any atom is -0.489 e. The van der Waals surface area contributed by atoms with Crippen molar-refractivity contribution in [2.24, 2.45) is 17.3 Å². The molecule has 3 atom stereocenters. The molecule has 0 saturated heterocycles. The van der Waals surface area contributed by atoms with Crippen LogP contribution in [-0.4, -0.2) is 22.5 Å². The Morgan fingerprint density at radius 2 is 1.97 bits per heavy atom. The van der Waals surface area contributed by atoms with Crippen molar-refractivity contribution in [3.05, 3.63) is 71.6 Å². The number of hydrogen-bond donors (Lipinski definition) is 1. The van der Waals surface area contributed by atoms with Gasteiger partial charge in [0.05, 0.1) is 18.5 Å². The summed E-state index contributed by atoms with van der Waals surface area (Å²) in [4.78, 5) is 21.3. The van der Waals surface area contributed by atoms with Crippen molar-refractivity contribution < 1.29 is 22.7 Å². The van der Waals surface area contributed by atoms with E-state index in [-0.39, 0.29) is 18.9 Å². The van der Waals surface area contributed by atoms with E-state index in [1.807, 2.05) is 0 Å². The summed E-state index contributed by atoms with van der Waals surface area (Å²) in [6.45, 7) is 3.63. The van der Waals surface area contributed by atoms with E-state index in [1.54, 1.807) is 20.0 Å². The predicted molar refractivity (Wildman–Crippen MR) is 109 cm³/mol. The highest BCUT2D eigenvalue weighted by Gasteiger charge is 2.63. The second-order valence-electron chi connectivity index (χ2n) is 8.09. The maximum atomic E-state index is 14.0. The van der Waals surface area contributed by atoms with Gasteiger partial charge in [-0.2, -0.15) is 0 Å². The van der Waals surface area contributed by atoms with Crippen molar-refractivity contribution in [3.63, 3.8) is 0 Å². The first kappa shape index (κ1) is 21.1. The Labute approximate surface area is 178 Å². The average Bonchev–Trinajstić information content (AvgIpc) is 3.44. The number of benzene rings is 1. The van der Waals surface area contributed by atoms with E-state index in [0.29, 0.717) is 29.4 Å². The van der Waals surface area contributed by atoms with Crippen LogP contribution in [0.3, 0.4) is 0 Å². The van der Waals surface area contributed by atoms with Crippen LogP contribution in [0.2, 0.25) is 0 Å². The Morgan fingerprint density at radius 1 is 1.23 bits per heavy atom. The first-order valence-corrected chi connectivity index (χ1v) is 10.00. The van der Waals surface area contributed by atoms with Crippen LogP contribution in [0.1, 0.15) is 24.4 Å². The molecule has 2 aliphatic rings. The van der Waals surface area contributed by atoms with Crippen LogP contribution < -0.4 is 10.1 Å². The predicted octanol–water partition coefficient (Wildman–Crippen LogP) is 4.98. The molecule has 2 aliphatic carbocycles. The van der Waals surface area contributed by atoms with Gasteiger partial charge in [-0.15, -0.1) is 0 Å². The molecule has 1 saturated carbocycles. The van der Waals surface area contributed by atoms with Gasteiger partial charge < -0.3 is 10.1 Å². The molecular weight excluding hydrogens is 407 g/mol. The third-order valence-electron chi connectivity index (χ3n) is 5.91. The number of nitrogens with zero attached hydrogens (tertiary/aromatic N) is 2. The van der Waals surface area contributed by atoms with Crippen molar-refractivity contribution >= 4 is 11.6 Å². The largest absolute Gasteiger partial charge is 0.489 e. The lowest BCUT2D eigenvalue weighted by atomic mass is 9.82. The molecule has 8 heteroatoms. The monoisotopic (exact) mass is 429 g/mol. The highest BCUT2D eigenvalue weighted by atomic mass is 19.1. The maximum Gasteiger partial charge on any atom is 0.228 e. The number of allylic oxidation sites excluding steroid dienone is 4. The second kappa shape index (κ2) is 8.17. The van der Waals surface area contributed by atoms with Crippen LogP contribution in [0, 0.1) is 36.9 Å². The number of carbonyl (C=O) groups excluding carboxylic acids is 1. The number of nitrogens with one attached hydrogen (secondary N) is 1. The van der Waals surface area contributed by atoms with E-state index in [9.17, 15) is 18.0 Å². The van der Waals surface area contributed by atoms with Crippen LogP contribution in [0.15, 0.2) is 54.3 Å². The van der Waals surface area contributed by atoms with Crippen LogP contribution in [0.5, 0.6) is 5.75 Å². The molecule has 1 heterocycles. The summed E-state index contributed by atoms with van der Waals surface area (Å²) in [5.41, 5.74) is 0.323. The minimum absolute atomic E-state index is 0.000484. The number of anilines is 1. The molecular formula is C23H22F3N3O2. The van der Waals surface area contributed by atoms with Crippen LogP contribution in [-0.2, 0) is 4.79 Å². The molecule has 1 fully saturated rings. The second-order valence-corrected chi connectivity index (χ2v) is 8.09. The molecule has 2 aromatic rings. The van der Waals surface area contributed by atoms with Gasteiger partial charge in [0.2, 0.25) is 5.91 Å². The van der Waals surface area contributed by atoms with Crippen LogP contribution in [0.25, 0.3) is 0 Å². The Bertz CT molecular complexity index is 1070. The standard InChI is InChI=1S/C23H22F3N3O2/c1-13-21(11-27-14(2)28-13)31-12-23(15-7-17(25)9-18(26)8-15)10-20(23)22(30)29-19-5-3-16(24)4-6-19/h3-7,9,11,15,20H,8,10,12H2,1-2H3,(H,29,30)/t15?,20-,23+/m0/s1. The lowest BCUT2D eigenvalue weighted by Crippen LogP contribution is -2.30. The molecule has 31 heavy (non-hydrogen) atoms. The molecule has 0 aliphatic heterocycles.